The minimum atomic E-state index is -0.284. The second-order valence-corrected chi connectivity index (χ2v) is 5.01. The minimum absolute atomic E-state index is 0.198. The summed E-state index contributed by atoms with van der Waals surface area (Å²) in [5.41, 5.74) is 0.926. The summed E-state index contributed by atoms with van der Waals surface area (Å²) in [4.78, 5) is 11.1. The number of halogens is 1. The van der Waals surface area contributed by atoms with Crippen LogP contribution in [0.15, 0.2) is 24.3 Å². The molecular weight excluding hydrogens is 273 g/mol. The molecule has 0 aliphatic carbocycles. The SMILES string of the molecule is CCOC(=O)CSC(=S)NCc1ccc(F)cc1. The van der Waals surface area contributed by atoms with E-state index in [4.69, 9.17) is 17.0 Å². The molecule has 0 unspecified atom stereocenters. The Bertz CT molecular complexity index is 409. The Balaban J connectivity index is 2.24. The van der Waals surface area contributed by atoms with Crippen molar-refractivity contribution in [3.63, 3.8) is 0 Å². The highest BCUT2D eigenvalue weighted by Gasteiger charge is 2.05. The summed E-state index contributed by atoms with van der Waals surface area (Å²) in [6.07, 6.45) is 0. The second kappa shape index (κ2) is 8.05. The van der Waals surface area contributed by atoms with Gasteiger partial charge < -0.3 is 10.1 Å². The predicted molar refractivity (Wildman–Crippen MR) is 74.9 cm³/mol. The highest BCUT2D eigenvalue weighted by atomic mass is 32.2. The van der Waals surface area contributed by atoms with E-state index < -0.39 is 0 Å². The molecule has 0 radical (unpaired) electrons. The molecular formula is C12H14FNO2S2. The monoisotopic (exact) mass is 287 g/mol. The van der Waals surface area contributed by atoms with E-state index in [9.17, 15) is 9.18 Å². The molecule has 0 saturated heterocycles. The molecule has 0 heterocycles. The molecule has 1 N–H and O–H groups in total. The van der Waals surface area contributed by atoms with Crippen molar-refractivity contribution >= 4 is 34.3 Å². The van der Waals surface area contributed by atoms with Crippen LogP contribution in [0.25, 0.3) is 0 Å². The Morgan fingerprint density at radius 2 is 2.11 bits per heavy atom. The standard InChI is InChI=1S/C12H14FNO2S2/c1-2-16-11(15)8-18-12(17)14-7-9-3-5-10(13)6-4-9/h3-6H,2,7-8H2,1H3,(H,14,17). The molecule has 0 spiro atoms. The average Bonchev–Trinajstić information content (AvgIpc) is 2.36. The molecule has 98 valence electrons. The number of thiocarbonyl (C=S) groups is 1. The van der Waals surface area contributed by atoms with Crippen LogP contribution in [0.2, 0.25) is 0 Å². The number of esters is 1. The Labute approximate surface area is 115 Å². The van der Waals surface area contributed by atoms with Crippen LogP contribution in [0.3, 0.4) is 0 Å². The molecule has 18 heavy (non-hydrogen) atoms. The first-order chi connectivity index (χ1) is 8.61. The fourth-order valence-corrected chi connectivity index (χ4v) is 1.91. The summed E-state index contributed by atoms with van der Waals surface area (Å²) < 4.78 is 18.0. The third-order valence-electron chi connectivity index (χ3n) is 1.98. The maximum absolute atomic E-state index is 12.7. The van der Waals surface area contributed by atoms with E-state index in [0.717, 1.165) is 5.56 Å². The lowest BCUT2D eigenvalue weighted by Crippen LogP contribution is -2.19. The number of benzene rings is 1. The number of carbonyl (C=O) groups excluding carboxylic acids is 1. The van der Waals surface area contributed by atoms with Crippen LogP contribution in [0.5, 0.6) is 0 Å². The number of hydrogen-bond donors (Lipinski definition) is 1. The molecule has 0 bridgehead atoms. The van der Waals surface area contributed by atoms with Crippen molar-refractivity contribution in [3.05, 3.63) is 35.6 Å². The van der Waals surface area contributed by atoms with Gasteiger partial charge in [-0.15, -0.1) is 0 Å². The zero-order valence-corrected chi connectivity index (χ0v) is 11.6. The summed E-state index contributed by atoms with van der Waals surface area (Å²) in [7, 11) is 0. The molecule has 1 rings (SSSR count). The maximum Gasteiger partial charge on any atom is 0.316 e. The van der Waals surface area contributed by atoms with Crippen molar-refractivity contribution in [3.8, 4) is 0 Å². The molecule has 0 aromatic heterocycles. The van der Waals surface area contributed by atoms with Crippen LogP contribution < -0.4 is 5.32 Å². The fraction of sp³-hybridized carbons (Fsp3) is 0.333. The van der Waals surface area contributed by atoms with Gasteiger partial charge >= 0.3 is 5.97 Å². The Hall–Kier alpha value is -1.14. The fourth-order valence-electron chi connectivity index (χ4n) is 1.15. The van der Waals surface area contributed by atoms with Gasteiger partial charge in [0.15, 0.2) is 0 Å². The summed E-state index contributed by atoms with van der Waals surface area (Å²) in [5.74, 6) is -0.352. The van der Waals surface area contributed by atoms with Crippen molar-refractivity contribution in [1.82, 2.24) is 5.32 Å². The maximum atomic E-state index is 12.7. The molecule has 6 heteroatoms. The van der Waals surface area contributed by atoms with E-state index in [1.165, 1.54) is 23.9 Å². The zero-order chi connectivity index (χ0) is 13.4. The van der Waals surface area contributed by atoms with Crippen molar-refractivity contribution in [2.24, 2.45) is 0 Å². The first kappa shape index (κ1) is 14.9. The van der Waals surface area contributed by atoms with E-state index >= 15 is 0 Å². The molecule has 1 aromatic rings. The molecule has 0 aliphatic heterocycles. The van der Waals surface area contributed by atoms with E-state index in [0.29, 0.717) is 17.5 Å². The number of hydrogen-bond acceptors (Lipinski definition) is 4. The lowest BCUT2D eigenvalue weighted by molar-refractivity contribution is -0.139. The van der Waals surface area contributed by atoms with Crippen LogP contribution in [0.4, 0.5) is 4.39 Å². The van der Waals surface area contributed by atoms with Crippen molar-refractivity contribution in [1.29, 1.82) is 0 Å². The first-order valence-electron chi connectivity index (χ1n) is 5.42. The number of thioether (sulfide) groups is 1. The van der Waals surface area contributed by atoms with Gasteiger partial charge in [0.05, 0.1) is 12.4 Å². The quantitative estimate of drug-likeness (QED) is 0.665. The third-order valence-corrected chi connectivity index (χ3v) is 3.26. The van der Waals surface area contributed by atoms with Gasteiger partial charge in [0.25, 0.3) is 0 Å². The van der Waals surface area contributed by atoms with Crippen molar-refractivity contribution in [2.75, 3.05) is 12.4 Å². The van der Waals surface area contributed by atoms with Crippen molar-refractivity contribution in [2.45, 2.75) is 13.5 Å². The van der Waals surface area contributed by atoms with Gasteiger partial charge in [-0.3, -0.25) is 4.79 Å². The number of carbonyl (C=O) groups is 1. The predicted octanol–water partition coefficient (Wildman–Crippen LogP) is 2.50. The topological polar surface area (TPSA) is 38.3 Å². The first-order valence-corrected chi connectivity index (χ1v) is 6.82. The number of rotatable bonds is 5. The zero-order valence-electron chi connectivity index (χ0n) is 9.94. The average molecular weight is 287 g/mol. The highest BCUT2D eigenvalue weighted by molar-refractivity contribution is 8.23. The molecule has 1 aromatic carbocycles. The van der Waals surface area contributed by atoms with Crippen LogP contribution in [0, 0.1) is 5.82 Å². The largest absolute Gasteiger partial charge is 0.465 e. The highest BCUT2D eigenvalue weighted by Crippen LogP contribution is 2.06. The Kier molecular flexibility index (Phi) is 6.67. The van der Waals surface area contributed by atoms with Gasteiger partial charge in [-0.05, 0) is 24.6 Å². The van der Waals surface area contributed by atoms with Crippen LogP contribution >= 0.6 is 24.0 Å². The van der Waals surface area contributed by atoms with E-state index in [2.05, 4.69) is 5.32 Å². The van der Waals surface area contributed by atoms with Gasteiger partial charge in [-0.25, -0.2) is 4.39 Å². The third kappa shape index (κ3) is 5.97. The van der Waals surface area contributed by atoms with E-state index in [-0.39, 0.29) is 17.5 Å². The minimum Gasteiger partial charge on any atom is -0.465 e. The number of nitrogens with one attached hydrogen (secondary N) is 1. The lowest BCUT2D eigenvalue weighted by Gasteiger charge is -2.07. The molecule has 0 amide bonds. The van der Waals surface area contributed by atoms with Gasteiger partial charge in [0.1, 0.15) is 10.1 Å². The van der Waals surface area contributed by atoms with Crippen molar-refractivity contribution < 1.29 is 13.9 Å². The van der Waals surface area contributed by atoms with Crippen LogP contribution in [-0.4, -0.2) is 22.6 Å². The van der Waals surface area contributed by atoms with Gasteiger partial charge in [0, 0.05) is 6.54 Å². The summed E-state index contributed by atoms with van der Waals surface area (Å²) >= 11 is 6.27. The summed E-state index contributed by atoms with van der Waals surface area (Å²) in [5, 5.41) is 2.98. The Morgan fingerprint density at radius 1 is 1.44 bits per heavy atom. The smallest absolute Gasteiger partial charge is 0.316 e. The van der Waals surface area contributed by atoms with Gasteiger partial charge in [0.2, 0.25) is 0 Å². The van der Waals surface area contributed by atoms with E-state index in [1.54, 1.807) is 19.1 Å². The normalized spacial score (nSPS) is 9.89. The summed E-state index contributed by atoms with van der Waals surface area (Å²) in [6, 6.07) is 6.15. The summed E-state index contributed by atoms with van der Waals surface area (Å²) in [6.45, 7) is 2.64. The number of ether oxygens (including phenoxy) is 1. The van der Waals surface area contributed by atoms with Gasteiger partial charge in [-0.1, -0.05) is 36.1 Å². The van der Waals surface area contributed by atoms with Crippen LogP contribution in [0.1, 0.15) is 12.5 Å². The molecule has 0 saturated carbocycles. The van der Waals surface area contributed by atoms with Gasteiger partial charge in [-0.2, -0.15) is 0 Å². The molecule has 3 nitrogen and oxygen atoms in total. The molecule has 0 atom stereocenters. The second-order valence-electron chi connectivity index (χ2n) is 3.36. The van der Waals surface area contributed by atoms with Crippen LogP contribution in [-0.2, 0) is 16.1 Å². The molecule has 0 aliphatic rings. The Morgan fingerprint density at radius 3 is 2.72 bits per heavy atom. The lowest BCUT2D eigenvalue weighted by atomic mass is 10.2. The molecule has 0 fully saturated rings. The van der Waals surface area contributed by atoms with E-state index in [1.807, 2.05) is 0 Å².